The van der Waals surface area contributed by atoms with Crippen LogP contribution >= 0.6 is 11.8 Å². The summed E-state index contributed by atoms with van der Waals surface area (Å²) in [6.07, 6.45) is 0.916. The molecule has 0 atom stereocenters. The Labute approximate surface area is 123 Å². The Morgan fingerprint density at radius 1 is 1.10 bits per heavy atom. The van der Waals surface area contributed by atoms with Crippen LogP contribution in [0, 0.1) is 5.82 Å². The van der Waals surface area contributed by atoms with Crippen molar-refractivity contribution in [3.05, 3.63) is 59.9 Å². The fourth-order valence-electron chi connectivity index (χ4n) is 1.72. The molecule has 2 aromatic carbocycles. The molecule has 2 aromatic rings. The summed E-state index contributed by atoms with van der Waals surface area (Å²) in [4.78, 5) is 0.956. The standard InChI is InChI=1S/C16H18FNOS/c17-14-3-1-4-16(11-14)20-10-2-9-19-15-7-5-13(12-18)6-8-15/h1,3-8,11H,2,9-10,12,18H2. The Hall–Kier alpha value is -1.52. The lowest BCUT2D eigenvalue weighted by Gasteiger charge is -2.07. The van der Waals surface area contributed by atoms with Crippen LogP contribution in [-0.2, 0) is 6.54 Å². The predicted molar refractivity (Wildman–Crippen MR) is 81.6 cm³/mol. The van der Waals surface area contributed by atoms with Gasteiger partial charge in [-0.15, -0.1) is 11.8 Å². The van der Waals surface area contributed by atoms with Crippen LogP contribution in [0.25, 0.3) is 0 Å². The lowest BCUT2D eigenvalue weighted by Crippen LogP contribution is -2.00. The number of ether oxygens (including phenoxy) is 1. The van der Waals surface area contributed by atoms with E-state index in [2.05, 4.69) is 0 Å². The number of benzene rings is 2. The van der Waals surface area contributed by atoms with Crippen molar-refractivity contribution in [1.82, 2.24) is 0 Å². The number of thioether (sulfide) groups is 1. The second-order valence-corrected chi connectivity index (χ2v) is 5.52. The minimum atomic E-state index is -0.189. The molecule has 20 heavy (non-hydrogen) atoms. The van der Waals surface area contributed by atoms with Gasteiger partial charge in [0.15, 0.2) is 0 Å². The summed E-state index contributed by atoms with van der Waals surface area (Å²) in [6.45, 7) is 1.20. The third-order valence-electron chi connectivity index (χ3n) is 2.78. The van der Waals surface area contributed by atoms with E-state index in [1.807, 2.05) is 30.3 Å². The average molecular weight is 291 g/mol. The van der Waals surface area contributed by atoms with Gasteiger partial charge in [0.25, 0.3) is 0 Å². The van der Waals surface area contributed by atoms with Crippen molar-refractivity contribution in [2.24, 2.45) is 5.73 Å². The average Bonchev–Trinajstić information content (AvgIpc) is 2.48. The number of hydrogen-bond donors (Lipinski definition) is 1. The number of rotatable bonds is 7. The molecule has 4 heteroatoms. The molecule has 0 aliphatic rings. The van der Waals surface area contributed by atoms with Crippen LogP contribution in [0.4, 0.5) is 4.39 Å². The maximum atomic E-state index is 13.0. The highest BCUT2D eigenvalue weighted by Crippen LogP contribution is 2.19. The molecule has 0 heterocycles. The van der Waals surface area contributed by atoms with Crippen LogP contribution < -0.4 is 10.5 Å². The largest absolute Gasteiger partial charge is 0.494 e. The molecule has 0 amide bonds. The maximum Gasteiger partial charge on any atom is 0.124 e. The van der Waals surface area contributed by atoms with E-state index in [1.165, 1.54) is 6.07 Å². The monoisotopic (exact) mass is 291 g/mol. The number of hydrogen-bond acceptors (Lipinski definition) is 3. The van der Waals surface area contributed by atoms with E-state index < -0.39 is 0 Å². The topological polar surface area (TPSA) is 35.2 Å². The number of halogens is 1. The Balaban J connectivity index is 1.66. The van der Waals surface area contributed by atoms with E-state index in [0.29, 0.717) is 13.2 Å². The van der Waals surface area contributed by atoms with Gasteiger partial charge < -0.3 is 10.5 Å². The van der Waals surface area contributed by atoms with Crippen molar-refractivity contribution in [3.8, 4) is 5.75 Å². The van der Waals surface area contributed by atoms with Crippen LogP contribution in [0.5, 0.6) is 5.75 Å². The molecule has 0 saturated carbocycles. The van der Waals surface area contributed by atoms with Crippen LogP contribution in [0.2, 0.25) is 0 Å². The minimum absolute atomic E-state index is 0.189. The molecule has 0 saturated heterocycles. The highest BCUT2D eigenvalue weighted by Gasteiger charge is 1.98. The van der Waals surface area contributed by atoms with Crippen molar-refractivity contribution in [1.29, 1.82) is 0 Å². The van der Waals surface area contributed by atoms with Gasteiger partial charge in [-0.1, -0.05) is 18.2 Å². The fraction of sp³-hybridized carbons (Fsp3) is 0.250. The summed E-state index contributed by atoms with van der Waals surface area (Å²) in [5.74, 6) is 1.58. The van der Waals surface area contributed by atoms with E-state index >= 15 is 0 Å². The van der Waals surface area contributed by atoms with Gasteiger partial charge in [0.05, 0.1) is 6.61 Å². The highest BCUT2D eigenvalue weighted by atomic mass is 32.2. The SMILES string of the molecule is NCc1ccc(OCCCSc2cccc(F)c2)cc1. The number of nitrogens with two attached hydrogens (primary N) is 1. The zero-order valence-corrected chi connectivity index (χ0v) is 12.0. The van der Waals surface area contributed by atoms with E-state index in [9.17, 15) is 4.39 Å². The van der Waals surface area contributed by atoms with E-state index in [1.54, 1.807) is 23.9 Å². The zero-order chi connectivity index (χ0) is 14.2. The molecule has 0 aromatic heterocycles. The van der Waals surface area contributed by atoms with Gasteiger partial charge in [-0.3, -0.25) is 0 Å². The molecule has 0 bridgehead atoms. The normalized spacial score (nSPS) is 10.5. The maximum absolute atomic E-state index is 13.0. The van der Waals surface area contributed by atoms with Crippen molar-refractivity contribution in [2.45, 2.75) is 17.9 Å². The van der Waals surface area contributed by atoms with Crippen LogP contribution in [0.15, 0.2) is 53.4 Å². The van der Waals surface area contributed by atoms with Gasteiger partial charge >= 0.3 is 0 Å². The first kappa shape index (κ1) is 14.9. The first-order valence-electron chi connectivity index (χ1n) is 6.58. The van der Waals surface area contributed by atoms with Gasteiger partial charge in [0, 0.05) is 17.2 Å². The molecule has 0 unspecified atom stereocenters. The third-order valence-corrected chi connectivity index (χ3v) is 3.86. The third kappa shape index (κ3) is 4.87. The molecule has 2 N–H and O–H groups in total. The van der Waals surface area contributed by atoms with Crippen LogP contribution in [0.3, 0.4) is 0 Å². The molecular formula is C16H18FNOS. The van der Waals surface area contributed by atoms with E-state index in [0.717, 1.165) is 28.4 Å². The molecule has 0 spiro atoms. The summed E-state index contributed by atoms with van der Waals surface area (Å²) in [6, 6.07) is 14.5. The van der Waals surface area contributed by atoms with Crippen molar-refractivity contribution < 1.29 is 9.13 Å². The fourth-order valence-corrected chi connectivity index (χ4v) is 2.59. The molecule has 106 valence electrons. The Kier molecular flexibility index (Phi) is 5.89. The lowest BCUT2D eigenvalue weighted by atomic mass is 10.2. The molecule has 0 aliphatic carbocycles. The quantitative estimate of drug-likeness (QED) is 0.622. The summed E-state index contributed by atoms with van der Waals surface area (Å²) >= 11 is 1.64. The first-order valence-corrected chi connectivity index (χ1v) is 7.56. The second kappa shape index (κ2) is 7.92. The van der Waals surface area contributed by atoms with Crippen molar-refractivity contribution >= 4 is 11.8 Å². The second-order valence-electron chi connectivity index (χ2n) is 4.36. The summed E-state index contributed by atoms with van der Waals surface area (Å²) in [5, 5.41) is 0. The molecule has 0 fully saturated rings. The Morgan fingerprint density at radius 3 is 2.60 bits per heavy atom. The van der Waals surface area contributed by atoms with Crippen molar-refractivity contribution in [2.75, 3.05) is 12.4 Å². The molecule has 2 nitrogen and oxygen atoms in total. The summed E-state index contributed by atoms with van der Waals surface area (Å²) in [5.41, 5.74) is 6.63. The lowest BCUT2D eigenvalue weighted by molar-refractivity contribution is 0.318. The highest BCUT2D eigenvalue weighted by molar-refractivity contribution is 7.99. The molecular weight excluding hydrogens is 273 g/mol. The van der Waals surface area contributed by atoms with Gasteiger partial charge in [-0.2, -0.15) is 0 Å². The van der Waals surface area contributed by atoms with Crippen molar-refractivity contribution in [3.63, 3.8) is 0 Å². The Morgan fingerprint density at radius 2 is 1.90 bits per heavy atom. The van der Waals surface area contributed by atoms with Crippen LogP contribution in [0.1, 0.15) is 12.0 Å². The molecule has 0 aliphatic heterocycles. The molecule has 0 radical (unpaired) electrons. The van der Waals surface area contributed by atoms with E-state index in [4.69, 9.17) is 10.5 Å². The van der Waals surface area contributed by atoms with Crippen LogP contribution in [-0.4, -0.2) is 12.4 Å². The molecule has 2 rings (SSSR count). The minimum Gasteiger partial charge on any atom is -0.494 e. The van der Waals surface area contributed by atoms with E-state index in [-0.39, 0.29) is 5.82 Å². The summed E-state index contributed by atoms with van der Waals surface area (Å²) in [7, 11) is 0. The van der Waals surface area contributed by atoms with Gasteiger partial charge in [-0.25, -0.2) is 4.39 Å². The van der Waals surface area contributed by atoms with Gasteiger partial charge in [0.2, 0.25) is 0 Å². The Bertz CT molecular complexity index is 530. The van der Waals surface area contributed by atoms with Gasteiger partial charge in [0.1, 0.15) is 11.6 Å². The smallest absolute Gasteiger partial charge is 0.124 e. The zero-order valence-electron chi connectivity index (χ0n) is 11.2. The van der Waals surface area contributed by atoms with Gasteiger partial charge in [-0.05, 0) is 42.3 Å². The first-order chi connectivity index (χ1) is 9.78. The summed E-state index contributed by atoms with van der Waals surface area (Å²) < 4.78 is 18.6. The predicted octanol–water partition coefficient (Wildman–Crippen LogP) is 3.85.